The summed E-state index contributed by atoms with van der Waals surface area (Å²) < 4.78 is 11.1. The number of nitrogens with two attached hydrogens (primary N) is 1. The molecule has 1 atom stereocenters. The zero-order valence-corrected chi connectivity index (χ0v) is 19.9. The molecule has 1 aliphatic heterocycles. The molecule has 6 nitrogen and oxygen atoms in total. The van der Waals surface area contributed by atoms with Crippen LogP contribution < -0.4 is 15.8 Å². The summed E-state index contributed by atoms with van der Waals surface area (Å²) in [5.41, 5.74) is 9.53. The van der Waals surface area contributed by atoms with Gasteiger partial charge >= 0.3 is 5.97 Å². The van der Waals surface area contributed by atoms with Gasteiger partial charge in [-0.25, -0.2) is 9.79 Å². The Kier molecular flexibility index (Phi) is 8.49. The molecule has 0 fully saturated rings. The molecule has 1 aliphatic rings. The monoisotopic (exact) mass is 543 g/mol. The van der Waals surface area contributed by atoms with Crippen LogP contribution in [0, 0.1) is 0 Å². The Bertz CT molecular complexity index is 1070. The van der Waals surface area contributed by atoms with Crippen molar-refractivity contribution in [3.63, 3.8) is 0 Å². The number of hydrogen-bond donors (Lipinski definition) is 2. The van der Waals surface area contributed by atoms with Gasteiger partial charge < -0.3 is 20.5 Å². The highest BCUT2D eigenvalue weighted by Gasteiger charge is 2.21. The van der Waals surface area contributed by atoms with Crippen LogP contribution in [0.2, 0.25) is 0 Å². The first-order valence-corrected chi connectivity index (χ1v) is 10.3. The molecule has 0 bridgehead atoms. The summed E-state index contributed by atoms with van der Waals surface area (Å²) in [6.45, 7) is 1.24. The van der Waals surface area contributed by atoms with Crippen molar-refractivity contribution >= 4 is 35.9 Å². The molecule has 3 N–H and O–H groups in total. The number of nitrogens with one attached hydrogen (secondary N) is 1. The number of carbonyl (C=O) groups is 1. The van der Waals surface area contributed by atoms with E-state index in [0.29, 0.717) is 24.7 Å². The van der Waals surface area contributed by atoms with Gasteiger partial charge in [0.05, 0.1) is 24.8 Å². The number of halogens is 1. The Labute approximate surface area is 204 Å². The van der Waals surface area contributed by atoms with E-state index in [9.17, 15) is 4.79 Å². The first kappa shape index (κ1) is 23.6. The van der Waals surface area contributed by atoms with Crippen molar-refractivity contribution in [2.45, 2.75) is 25.6 Å². The predicted octanol–water partition coefficient (Wildman–Crippen LogP) is 4.59. The minimum atomic E-state index is -0.361. The highest BCUT2D eigenvalue weighted by Crippen LogP contribution is 2.31. The SMILES string of the molecule is I.NC(=NCc1cccc(C(=O)OCc2ccccc2)c1)NC1CCOc2ccccc21. The lowest BCUT2D eigenvalue weighted by molar-refractivity contribution is 0.0472. The fourth-order valence-electron chi connectivity index (χ4n) is 3.50. The molecular formula is C25H26IN3O3. The molecule has 7 heteroatoms. The predicted molar refractivity (Wildman–Crippen MR) is 135 cm³/mol. The first-order chi connectivity index (χ1) is 15.2. The molecule has 0 aromatic heterocycles. The molecule has 32 heavy (non-hydrogen) atoms. The van der Waals surface area contributed by atoms with E-state index in [0.717, 1.165) is 28.9 Å². The van der Waals surface area contributed by atoms with Crippen LogP contribution in [0.15, 0.2) is 83.9 Å². The summed E-state index contributed by atoms with van der Waals surface area (Å²) in [4.78, 5) is 16.8. The van der Waals surface area contributed by atoms with Crippen LogP contribution in [0.5, 0.6) is 5.75 Å². The van der Waals surface area contributed by atoms with Crippen LogP contribution in [0.3, 0.4) is 0 Å². The number of benzene rings is 3. The van der Waals surface area contributed by atoms with E-state index in [1.807, 2.05) is 66.7 Å². The average molecular weight is 543 g/mol. The maximum Gasteiger partial charge on any atom is 0.338 e. The Morgan fingerprint density at radius 3 is 2.62 bits per heavy atom. The van der Waals surface area contributed by atoms with Crippen molar-refractivity contribution in [3.05, 3.63) is 101 Å². The van der Waals surface area contributed by atoms with Crippen molar-refractivity contribution < 1.29 is 14.3 Å². The van der Waals surface area contributed by atoms with E-state index >= 15 is 0 Å². The Morgan fingerprint density at radius 1 is 1.03 bits per heavy atom. The highest BCUT2D eigenvalue weighted by atomic mass is 127. The van der Waals surface area contributed by atoms with Crippen molar-refractivity contribution in [1.29, 1.82) is 0 Å². The molecule has 0 radical (unpaired) electrons. The number of carbonyl (C=O) groups excluding carboxylic acids is 1. The normalized spacial score (nSPS) is 15.0. The molecule has 0 saturated carbocycles. The quantitative estimate of drug-likeness (QED) is 0.206. The number of fused-ring (bicyclic) bond motifs is 1. The van der Waals surface area contributed by atoms with Crippen LogP contribution in [0.4, 0.5) is 0 Å². The number of aliphatic imine (C=N–C) groups is 1. The van der Waals surface area contributed by atoms with Crippen molar-refractivity contribution in [1.82, 2.24) is 5.32 Å². The van der Waals surface area contributed by atoms with Gasteiger partial charge in [-0.2, -0.15) is 0 Å². The maximum absolute atomic E-state index is 12.4. The van der Waals surface area contributed by atoms with E-state index < -0.39 is 0 Å². The van der Waals surface area contributed by atoms with Crippen LogP contribution >= 0.6 is 24.0 Å². The van der Waals surface area contributed by atoms with Gasteiger partial charge in [-0.3, -0.25) is 0 Å². The molecule has 1 unspecified atom stereocenters. The molecule has 3 aromatic carbocycles. The largest absolute Gasteiger partial charge is 0.493 e. The van der Waals surface area contributed by atoms with Crippen LogP contribution in [-0.4, -0.2) is 18.5 Å². The zero-order valence-electron chi connectivity index (χ0n) is 17.6. The number of nitrogens with zero attached hydrogens (tertiary/aromatic N) is 1. The van der Waals surface area contributed by atoms with Gasteiger partial charge in [0.15, 0.2) is 5.96 Å². The second kappa shape index (κ2) is 11.5. The maximum atomic E-state index is 12.4. The minimum Gasteiger partial charge on any atom is -0.493 e. The zero-order chi connectivity index (χ0) is 21.5. The van der Waals surface area contributed by atoms with E-state index in [4.69, 9.17) is 15.2 Å². The summed E-state index contributed by atoms with van der Waals surface area (Å²) in [5, 5.41) is 3.28. The molecule has 0 spiro atoms. The van der Waals surface area contributed by atoms with Crippen molar-refractivity contribution in [3.8, 4) is 5.75 Å². The minimum absolute atomic E-state index is 0. The third-order valence-electron chi connectivity index (χ3n) is 5.09. The van der Waals surface area contributed by atoms with Gasteiger partial charge in [0, 0.05) is 12.0 Å². The summed E-state index contributed by atoms with van der Waals surface area (Å²) in [5.74, 6) is 0.874. The van der Waals surface area contributed by atoms with E-state index in [1.54, 1.807) is 12.1 Å². The lowest BCUT2D eigenvalue weighted by atomic mass is 10.0. The standard InChI is InChI=1S/C25H25N3O3.HI/c26-25(28-22-13-14-30-23-12-5-4-11-21(22)23)27-16-19-9-6-10-20(15-19)24(29)31-17-18-7-2-1-3-8-18;/h1-12,15,22H,13-14,16-17H2,(H3,26,27,28);1H. The van der Waals surface area contributed by atoms with Gasteiger partial charge in [-0.1, -0.05) is 60.7 Å². The van der Waals surface area contributed by atoms with Gasteiger partial charge in [0.25, 0.3) is 0 Å². The molecule has 4 rings (SSSR count). The average Bonchev–Trinajstić information content (AvgIpc) is 2.82. The van der Waals surface area contributed by atoms with Crippen molar-refractivity contribution in [2.24, 2.45) is 10.7 Å². The van der Waals surface area contributed by atoms with Gasteiger partial charge in [0.2, 0.25) is 0 Å². The molecular weight excluding hydrogens is 517 g/mol. The molecule has 1 heterocycles. The molecule has 3 aromatic rings. The Morgan fingerprint density at radius 2 is 1.78 bits per heavy atom. The smallest absolute Gasteiger partial charge is 0.338 e. The number of para-hydroxylation sites is 1. The fraction of sp³-hybridized carbons (Fsp3) is 0.200. The number of rotatable bonds is 6. The van der Waals surface area contributed by atoms with Gasteiger partial charge in [-0.15, -0.1) is 24.0 Å². The fourth-order valence-corrected chi connectivity index (χ4v) is 3.50. The summed E-state index contributed by atoms with van der Waals surface area (Å²) in [7, 11) is 0. The van der Waals surface area contributed by atoms with Crippen LogP contribution in [0.25, 0.3) is 0 Å². The number of hydrogen-bond acceptors (Lipinski definition) is 4. The number of guanidine groups is 1. The number of ether oxygens (including phenoxy) is 2. The molecule has 0 amide bonds. The van der Waals surface area contributed by atoms with Gasteiger partial charge in [-0.05, 0) is 29.3 Å². The topological polar surface area (TPSA) is 85.9 Å². The highest BCUT2D eigenvalue weighted by molar-refractivity contribution is 14.0. The van der Waals surface area contributed by atoms with E-state index in [1.165, 1.54) is 0 Å². The Hall–Kier alpha value is -3.07. The van der Waals surface area contributed by atoms with Crippen LogP contribution in [0.1, 0.15) is 39.5 Å². The summed E-state index contributed by atoms with van der Waals surface area (Å²) in [6.07, 6.45) is 0.815. The summed E-state index contributed by atoms with van der Waals surface area (Å²) >= 11 is 0. The molecule has 166 valence electrons. The van der Waals surface area contributed by atoms with Gasteiger partial charge in [0.1, 0.15) is 12.4 Å². The summed E-state index contributed by atoms with van der Waals surface area (Å²) in [6, 6.07) is 24.8. The van der Waals surface area contributed by atoms with Crippen molar-refractivity contribution in [2.75, 3.05) is 6.61 Å². The third kappa shape index (κ3) is 6.23. The molecule has 0 saturated heterocycles. The van der Waals surface area contributed by atoms with E-state index in [-0.39, 0.29) is 42.6 Å². The lowest BCUT2D eigenvalue weighted by Crippen LogP contribution is -2.37. The lowest BCUT2D eigenvalue weighted by Gasteiger charge is -2.26. The van der Waals surface area contributed by atoms with Crippen LogP contribution in [-0.2, 0) is 17.9 Å². The second-order valence-corrected chi connectivity index (χ2v) is 7.34. The Balaban J connectivity index is 0.00000289. The molecule has 0 aliphatic carbocycles. The number of esters is 1. The van der Waals surface area contributed by atoms with E-state index in [2.05, 4.69) is 10.3 Å². The third-order valence-corrected chi connectivity index (χ3v) is 5.09. The first-order valence-electron chi connectivity index (χ1n) is 10.3. The second-order valence-electron chi connectivity index (χ2n) is 7.34.